The van der Waals surface area contributed by atoms with Crippen molar-refractivity contribution in [3.63, 3.8) is 0 Å². The molecule has 0 fully saturated rings. The van der Waals surface area contributed by atoms with Crippen molar-refractivity contribution in [1.82, 2.24) is 4.98 Å². The molecule has 1 atom stereocenters. The molecule has 1 aromatic rings. The fourth-order valence-electron chi connectivity index (χ4n) is 1.27. The molecule has 0 amide bonds. The first-order chi connectivity index (χ1) is 7.26. The van der Waals surface area contributed by atoms with Crippen molar-refractivity contribution in [2.45, 2.75) is 12.5 Å². The molecule has 0 radical (unpaired) electrons. The molecule has 15 heavy (non-hydrogen) atoms. The molecular formula is C10H16ClN3O. The van der Waals surface area contributed by atoms with Gasteiger partial charge in [-0.05, 0) is 25.1 Å². The van der Waals surface area contributed by atoms with Crippen LogP contribution < -0.4 is 11.1 Å². The molecule has 1 aromatic heterocycles. The number of hydrogen-bond donors (Lipinski definition) is 2. The van der Waals surface area contributed by atoms with Crippen LogP contribution in [0.5, 0.6) is 0 Å². The number of methoxy groups -OCH3 is 1. The van der Waals surface area contributed by atoms with Crippen LogP contribution in [0.1, 0.15) is 6.42 Å². The number of pyridine rings is 1. The van der Waals surface area contributed by atoms with Gasteiger partial charge in [-0.25, -0.2) is 4.98 Å². The van der Waals surface area contributed by atoms with Gasteiger partial charge in [0.1, 0.15) is 5.82 Å². The standard InChI is InChI=1S/C10H16ClN3O/c1-15-7-9(4-5-12)14-10-3-2-8(11)6-13-10/h2-3,6,9H,4-5,7,12H2,1H3,(H,13,14). The highest BCUT2D eigenvalue weighted by Gasteiger charge is 2.07. The quantitative estimate of drug-likeness (QED) is 0.777. The Hall–Kier alpha value is -0.840. The number of halogens is 1. The molecule has 0 bridgehead atoms. The lowest BCUT2D eigenvalue weighted by molar-refractivity contribution is 0.183. The molecule has 84 valence electrons. The van der Waals surface area contributed by atoms with Gasteiger partial charge in [-0.15, -0.1) is 0 Å². The SMILES string of the molecule is COCC(CCN)Nc1ccc(Cl)cn1. The molecule has 4 nitrogen and oxygen atoms in total. The van der Waals surface area contributed by atoms with E-state index in [1.807, 2.05) is 6.07 Å². The molecule has 0 aliphatic carbocycles. The van der Waals surface area contributed by atoms with Crippen LogP contribution in [-0.2, 0) is 4.74 Å². The van der Waals surface area contributed by atoms with E-state index in [1.54, 1.807) is 19.4 Å². The number of hydrogen-bond acceptors (Lipinski definition) is 4. The van der Waals surface area contributed by atoms with Crippen molar-refractivity contribution >= 4 is 17.4 Å². The van der Waals surface area contributed by atoms with E-state index >= 15 is 0 Å². The fraction of sp³-hybridized carbons (Fsp3) is 0.500. The second kappa shape index (κ2) is 6.61. The zero-order valence-electron chi connectivity index (χ0n) is 8.74. The van der Waals surface area contributed by atoms with Gasteiger partial charge in [-0.2, -0.15) is 0 Å². The lowest BCUT2D eigenvalue weighted by atomic mass is 10.2. The summed E-state index contributed by atoms with van der Waals surface area (Å²) in [6.45, 7) is 1.23. The normalized spacial score (nSPS) is 12.5. The average molecular weight is 230 g/mol. The Morgan fingerprint density at radius 1 is 1.60 bits per heavy atom. The summed E-state index contributed by atoms with van der Waals surface area (Å²) in [5.74, 6) is 0.787. The van der Waals surface area contributed by atoms with Gasteiger partial charge in [-0.3, -0.25) is 0 Å². The summed E-state index contributed by atoms with van der Waals surface area (Å²) in [5.41, 5.74) is 5.50. The predicted octanol–water partition coefficient (Wildman–Crippen LogP) is 1.51. The van der Waals surface area contributed by atoms with E-state index in [0.717, 1.165) is 12.2 Å². The van der Waals surface area contributed by atoms with Crippen LogP contribution in [0, 0.1) is 0 Å². The maximum absolute atomic E-state index is 5.74. The highest BCUT2D eigenvalue weighted by Crippen LogP contribution is 2.11. The maximum atomic E-state index is 5.74. The monoisotopic (exact) mass is 229 g/mol. The molecular weight excluding hydrogens is 214 g/mol. The third-order valence-corrected chi connectivity index (χ3v) is 2.19. The number of nitrogens with two attached hydrogens (primary N) is 1. The van der Waals surface area contributed by atoms with Gasteiger partial charge in [-0.1, -0.05) is 11.6 Å². The van der Waals surface area contributed by atoms with Crippen LogP contribution in [0.2, 0.25) is 5.02 Å². The van der Waals surface area contributed by atoms with E-state index < -0.39 is 0 Å². The number of nitrogens with one attached hydrogen (secondary N) is 1. The van der Waals surface area contributed by atoms with Crippen molar-refractivity contribution in [2.75, 3.05) is 25.6 Å². The van der Waals surface area contributed by atoms with Gasteiger partial charge < -0.3 is 15.8 Å². The maximum Gasteiger partial charge on any atom is 0.126 e. The smallest absolute Gasteiger partial charge is 0.126 e. The van der Waals surface area contributed by atoms with E-state index in [2.05, 4.69) is 10.3 Å². The van der Waals surface area contributed by atoms with Crippen LogP contribution in [0.4, 0.5) is 5.82 Å². The van der Waals surface area contributed by atoms with E-state index in [0.29, 0.717) is 18.2 Å². The second-order valence-corrected chi connectivity index (χ2v) is 3.67. The zero-order valence-corrected chi connectivity index (χ0v) is 9.50. The third kappa shape index (κ3) is 4.46. The molecule has 0 aliphatic rings. The zero-order chi connectivity index (χ0) is 11.1. The minimum atomic E-state index is 0.189. The number of aromatic nitrogens is 1. The lowest BCUT2D eigenvalue weighted by Gasteiger charge is -2.17. The highest BCUT2D eigenvalue weighted by atomic mass is 35.5. The minimum Gasteiger partial charge on any atom is -0.383 e. The number of nitrogens with zero attached hydrogens (tertiary/aromatic N) is 1. The summed E-state index contributed by atoms with van der Waals surface area (Å²) in [6.07, 6.45) is 2.45. The van der Waals surface area contributed by atoms with Crippen LogP contribution in [0.3, 0.4) is 0 Å². The highest BCUT2D eigenvalue weighted by molar-refractivity contribution is 6.30. The summed E-state index contributed by atoms with van der Waals surface area (Å²) >= 11 is 5.74. The van der Waals surface area contributed by atoms with Crippen LogP contribution in [-0.4, -0.2) is 31.3 Å². The molecule has 1 rings (SSSR count). The van der Waals surface area contributed by atoms with Gasteiger partial charge in [0, 0.05) is 13.3 Å². The Kier molecular flexibility index (Phi) is 5.39. The van der Waals surface area contributed by atoms with E-state index in [-0.39, 0.29) is 6.04 Å². The Balaban J connectivity index is 2.53. The average Bonchev–Trinajstić information content (AvgIpc) is 2.22. The summed E-state index contributed by atoms with van der Waals surface area (Å²) in [5, 5.41) is 3.86. The van der Waals surface area contributed by atoms with Crippen LogP contribution in [0.15, 0.2) is 18.3 Å². The summed E-state index contributed by atoms with van der Waals surface area (Å²) < 4.78 is 5.08. The van der Waals surface area contributed by atoms with E-state index in [1.165, 1.54) is 0 Å². The molecule has 0 aromatic carbocycles. The minimum absolute atomic E-state index is 0.189. The number of ether oxygens (including phenoxy) is 1. The van der Waals surface area contributed by atoms with Crippen molar-refractivity contribution in [3.05, 3.63) is 23.4 Å². The summed E-state index contributed by atoms with van der Waals surface area (Å²) in [4.78, 5) is 4.14. The number of rotatable bonds is 6. The molecule has 3 N–H and O–H groups in total. The first-order valence-electron chi connectivity index (χ1n) is 4.83. The molecule has 0 saturated heterocycles. The van der Waals surface area contributed by atoms with Gasteiger partial charge >= 0.3 is 0 Å². The Morgan fingerprint density at radius 2 is 2.40 bits per heavy atom. The van der Waals surface area contributed by atoms with Gasteiger partial charge in [0.2, 0.25) is 0 Å². The predicted molar refractivity (Wildman–Crippen MR) is 62.2 cm³/mol. The molecule has 1 unspecified atom stereocenters. The Labute approximate surface area is 94.8 Å². The van der Waals surface area contributed by atoms with E-state index in [9.17, 15) is 0 Å². The summed E-state index contributed by atoms with van der Waals surface area (Å²) in [7, 11) is 1.67. The molecule has 1 heterocycles. The first-order valence-corrected chi connectivity index (χ1v) is 5.21. The second-order valence-electron chi connectivity index (χ2n) is 3.24. The van der Waals surface area contributed by atoms with Crippen molar-refractivity contribution in [2.24, 2.45) is 5.73 Å². The van der Waals surface area contributed by atoms with Gasteiger partial charge in [0.15, 0.2) is 0 Å². The molecule has 0 aliphatic heterocycles. The van der Waals surface area contributed by atoms with Crippen molar-refractivity contribution in [1.29, 1.82) is 0 Å². The molecule has 0 spiro atoms. The summed E-state index contributed by atoms with van der Waals surface area (Å²) in [6, 6.07) is 3.82. The van der Waals surface area contributed by atoms with Crippen LogP contribution >= 0.6 is 11.6 Å². The number of anilines is 1. The Bertz CT molecular complexity index is 273. The topological polar surface area (TPSA) is 60.2 Å². The largest absolute Gasteiger partial charge is 0.383 e. The third-order valence-electron chi connectivity index (χ3n) is 1.96. The first kappa shape index (κ1) is 12.2. The Morgan fingerprint density at radius 3 is 2.93 bits per heavy atom. The van der Waals surface area contributed by atoms with Gasteiger partial charge in [0.25, 0.3) is 0 Å². The van der Waals surface area contributed by atoms with Crippen LogP contribution in [0.25, 0.3) is 0 Å². The molecule has 5 heteroatoms. The molecule has 0 saturated carbocycles. The van der Waals surface area contributed by atoms with Crippen molar-refractivity contribution < 1.29 is 4.74 Å². The fourth-order valence-corrected chi connectivity index (χ4v) is 1.38. The lowest BCUT2D eigenvalue weighted by Crippen LogP contribution is -2.28. The van der Waals surface area contributed by atoms with Crippen molar-refractivity contribution in [3.8, 4) is 0 Å². The van der Waals surface area contributed by atoms with E-state index in [4.69, 9.17) is 22.1 Å². The van der Waals surface area contributed by atoms with Gasteiger partial charge in [0.05, 0.1) is 17.7 Å².